The van der Waals surface area contributed by atoms with Crippen LogP contribution in [0.4, 0.5) is 0 Å². The summed E-state index contributed by atoms with van der Waals surface area (Å²) in [5.74, 6) is 3.86. The second-order valence-electron chi connectivity index (χ2n) is 4.65. The van der Waals surface area contributed by atoms with Gasteiger partial charge in [-0.05, 0) is 42.7 Å². The van der Waals surface area contributed by atoms with Gasteiger partial charge >= 0.3 is 0 Å². The Kier molecular flexibility index (Phi) is 5.58. The van der Waals surface area contributed by atoms with Crippen LogP contribution in [0.1, 0.15) is 24.8 Å². The van der Waals surface area contributed by atoms with Crippen LogP contribution in [0.15, 0.2) is 18.2 Å². The fraction of sp³-hybridized carbons (Fsp3) is 0.533. The molecule has 1 aliphatic heterocycles. The number of hydrogen-bond acceptors (Lipinski definition) is 4. The highest BCUT2D eigenvalue weighted by atomic mass is 32.2. The number of ether oxygens (including phenoxy) is 2. The monoisotopic (exact) mass is 280 g/mol. The number of thioether (sulfide) groups is 1. The standard InChI is InChI=1S/C15H20O3S/c1-17-15-10-12(4-2-8-16)6-7-14(15)18-13-5-3-9-19-11-13/h6-8,10,13H,2-5,9,11H2,1H3. The van der Waals surface area contributed by atoms with Crippen LogP contribution in [0.25, 0.3) is 0 Å². The molecule has 0 N–H and O–H groups in total. The molecule has 0 amide bonds. The van der Waals surface area contributed by atoms with Crippen molar-refractivity contribution in [3.8, 4) is 11.5 Å². The molecule has 1 heterocycles. The van der Waals surface area contributed by atoms with Gasteiger partial charge in [-0.3, -0.25) is 0 Å². The number of aldehydes is 1. The van der Waals surface area contributed by atoms with Gasteiger partial charge in [-0.2, -0.15) is 11.8 Å². The zero-order chi connectivity index (χ0) is 13.5. The van der Waals surface area contributed by atoms with E-state index in [9.17, 15) is 4.79 Å². The van der Waals surface area contributed by atoms with Crippen molar-refractivity contribution in [1.29, 1.82) is 0 Å². The average molecular weight is 280 g/mol. The normalized spacial score (nSPS) is 18.9. The summed E-state index contributed by atoms with van der Waals surface area (Å²) in [6.45, 7) is 0. The van der Waals surface area contributed by atoms with E-state index in [1.807, 2.05) is 30.0 Å². The molecule has 2 rings (SSSR count). The molecular formula is C15H20O3S. The molecule has 3 nitrogen and oxygen atoms in total. The lowest BCUT2D eigenvalue weighted by atomic mass is 10.1. The van der Waals surface area contributed by atoms with Crippen molar-refractivity contribution >= 4 is 18.0 Å². The summed E-state index contributed by atoms with van der Waals surface area (Å²) in [7, 11) is 1.65. The maximum atomic E-state index is 10.4. The zero-order valence-electron chi connectivity index (χ0n) is 11.3. The van der Waals surface area contributed by atoms with Crippen molar-refractivity contribution in [2.45, 2.75) is 31.8 Å². The summed E-state index contributed by atoms with van der Waals surface area (Å²) in [6, 6.07) is 5.93. The molecule has 0 aromatic heterocycles. The Labute approximate surface area is 118 Å². The first-order chi connectivity index (χ1) is 9.33. The van der Waals surface area contributed by atoms with Gasteiger partial charge < -0.3 is 14.3 Å². The SMILES string of the molecule is COc1cc(CCC=O)ccc1OC1CCCSC1. The fourth-order valence-electron chi connectivity index (χ4n) is 2.17. The summed E-state index contributed by atoms with van der Waals surface area (Å²) in [5, 5.41) is 0. The fourth-order valence-corrected chi connectivity index (χ4v) is 3.21. The highest BCUT2D eigenvalue weighted by Crippen LogP contribution is 2.31. The van der Waals surface area contributed by atoms with Crippen LogP contribution in [-0.2, 0) is 11.2 Å². The number of benzene rings is 1. The molecule has 1 aromatic carbocycles. The van der Waals surface area contributed by atoms with Crippen LogP contribution in [0, 0.1) is 0 Å². The van der Waals surface area contributed by atoms with E-state index < -0.39 is 0 Å². The third-order valence-electron chi connectivity index (χ3n) is 3.19. The summed E-state index contributed by atoms with van der Waals surface area (Å²) in [6.07, 6.45) is 4.85. The van der Waals surface area contributed by atoms with Gasteiger partial charge in [-0.1, -0.05) is 6.07 Å². The van der Waals surface area contributed by atoms with Gasteiger partial charge in [-0.15, -0.1) is 0 Å². The third-order valence-corrected chi connectivity index (χ3v) is 4.38. The average Bonchev–Trinajstić information content (AvgIpc) is 2.47. The molecule has 1 unspecified atom stereocenters. The maximum absolute atomic E-state index is 10.4. The largest absolute Gasteiger partial charge is 0.493 e. The first-order valence-corrected chi connectivity index (χ1v) is 7.84. The molecule has 0 bridgehead atoms. The highest BCUT2D eigenvalue weighted by Gasteiger charge is 2.17. The third kappa shape index (κ3) is 4.16. The van der Waals surface area contributed by atoms with Gasteiger partial charge in [0.25, 0.3) is 0 Å². The van der Waals surface area contributed by atoms with Crippen LogP contribution in [0.5, 0.6) is 11.5 Å². The van der Waals surface area contributed by atoms with Crippen molar-refractivity contribution in [2.75, 3.05) is 18.6 Å². The van der Waals surface area contributed by atoms with Gasteiger partial charge in [0.05, 0.1) is 7.11 Å². The summed E-state index contributed by atoms with van der Waals surface area (Å²) < 4.78 is 11.4. The minimum absolute atomic E-state index is 0.286. The van der Waals surface area contributed by atoms with Crippen molar-refractivity contribution < 1.29 is 14.3 Å². The smallest absolute Gasteiger partial charge is 0.161 e. The molecule has 0 aliphatic carbocycles. The topological polar surface area (TPSA) is 35.5 Å². The van der Waals surface area contributed by atoms with E-state index in [0.29, 0.717) is 6.42 Å². The molecule has 1 aromatic rings. The van der Waals surface area contributed by atoms with E-state index in [4.69, 9.17) is 9.47 Å². The zero-order valence-corrected chi connectivity index (χ0v) is 12.1. The first kappa shape index (κ1) is 14.3. The molecule has 1 aliphatic rings. The Bertz CT molecular complexity index is 414. The van der Waals surface area contributed by atoms with Crippen molar-refractivity contribution in [1.82, 2.24) is 0 Å². The molecule has 0 spiro atoms. The van der Waals surface area contributed by atoms with Gasteiger partial charge in [0.2, 0.25) is 0 Å². The molecule has 1 fully saturated rings. The second-order valence-corrected chi connectivity index (χ2v) is 5.80. The number of methoxy groups -OCH3 is 1. The van der Waals surface area contributed by atoms with E-state index in [0.717, 1.165) is 41.9 Å². The van der Waals surface area contributed by atoms with Crippen LogP contribution >= 0.6 is 11.8 Å². The molecule has 1 atom stereocenters. The molecule has 0 radical (unpaired) electrons. The van der Waals surface area contributed by atoms with Crippen LogP contribution < -0.4 is 9.47 Å². The summed E-state index contributed by atoms with van der Waals surface area (Å²) >= 11 is 1.95. The van der Waals surface area contributed by atoms with Crippen LogP contribution in [0.2, 0.25) is 0 Å². The predicted octanol–water partition coefficient (Wildman–Crippen LogP) is 3.10. The maximum Gasteiger partial charge on any atom is 0.161 e. The number of carbonyl (C=O) groups excluding carboxylic acids is 1. The lowest BCUT2D eigenvalue weighted by molar-refractivity contribution is -0.107. The summed E-state index contributed by atoms with van der Waals surface area (Å²) in [4.78, 5) is 10.4. The quantitative estimate of drug-likeness (QED) is 0.750. The Hall–Kier alpha value is -1.16. The Morgan fingerprint density at radius 2 is 2.32 bits per heavy atom. The lowest BCUT2D eigenvalue weighted by Crippen LogP contribution is -2.23. The second kappa shape index (κ2) is 7.43. The van der Waals surface area contributed by atoms with Crippen molar-refractivity contribution in [3.63, 3.8) is 0 Å². The number of rotatable bonds is 6. The van der Waals surface area contributed by atoms with E-state index in [1.54, 1.807) is 7.11 Å². The van der Waals surface area contributed by atoms with Crippen molar-refractivity contribution in [3.05, 3.63) is 23.8 Å². The Morgan fingerprint density at radius 1 is 1.42 bits per heavy atom. The van der Waals surface area contributed by atoms with E-state index in [2.05, 4.69) is 0 Å². The van der Waals surface area contributed by atoms with Crippen LogP contribution in [0.3, 0.4) is 0 Å². The number of hydrogen-bond donors (Lipinski definition) is 0. The van der Waals surface area contributed by atoms with E-state index >= 15 is 0 Å². The Morgan fingerprint density at radius 3 is 3.00 bits per heavy atom. The molecular weight excluding hydrogens is 260 g/mol. The molecule has 0 saturated carbocycles. The van der Waals surface area contributed by atoms with E-state index in [1.165, 1.54) is 12.2 Å². The molecule has 4 heteroatoms. The Balaban J connectivity index is 2.04. The van der Waals surface area contributed by atoms with Gasteiger partial charge in [0.1, 0.15) is 12.4 Å². The van der Waals surface area contributed by atoms with Gasteiger partial charge in [0.15, 0.2) is 11.5 Å². The van der Waals surface area contributed by atoms with Crippen LogP contribution in [-0.4, -0.2) is 31.0 Å². The lowest BCUT2D eigenvalue weighted by Gasteiger charge is -2.23. The van der Waals surface area contributed by atoms with E-state index in [-0.39, 0.29) is 6.10 Å². The van der Waals surface area contributed by atoms with Gasteiger partial charge in [-0.25, -0.2) is 0 Å². The van der Waals surface area contributed by atoms with Crippen molar-refractivity contribution in [2.24, 2.45) is 0 Å². The minimum atomic E-state index is 0.286. The molecule has 104 valence electrons. The number of aryl methyl sites for hydroxylation is 1. The highest BCUT2D eigenvalue weighted by molar-refractivity contribution is 7.99. The molecule has 19 heavy (non-hydrogen) atoms. The predicted molar refractivity (Wildman–Crippen MR) is 78.4 cm³/mol. The first-order valence-electron chi connectivity index (χ1n) is 6.68. The minimum Gasteiger partial charge on any atom is -0.493 e. The van der Waals surface area contributed by atoms with Gasteiger partial charge in [0, 0.05) is 12.2 Å². The number of carbonyl (C=O) groups is 1. The summed E-state index contributed by atoms with van der Waals surface area (Å²) in [5.41, 5.74) is 1.11. The molecule has 1 saturated heterocycles.